The van der Waals surface area contributed by atoms with Gasteiger partial charge in [-0.15, -0.1) is 13.2 Å². The van der Waals surface area contributed by atoms with Gasteiger partial charge in [-0.25, -0.2) is 4.98 Å². The first kappa shape index (κ1) is 18.5. The molecule has 1 heterocycles. The highest BCUT2D eigenvalue weighted by Gasteiger charge is 2.30. The van der Waals surface area contributed by atoms with Gasteiger partial charge in [0.05, 0.1) is 0 Å². The van der Waals surface area contributed by atoms with Gasteiger partial charge in [-0.1, -0.05) is 0 Å². The van der Waals surface area contributed by atoms with Crippen molar-refractivity contribution in [3.63, 3.8) is 0 Å². The van der Waals surface area contributed by atoms with Gasteiger partial charge in [-0.05, 0) is 44.5 Å². The van der Waals surface area contributed by atoms with E-state index < -0.39 is 6.36 Å². The molecular formula is C16H16F3N3O3. The minimum atomic E-state index is -4.77. The van der Waals surface area contributed by atoms with E-state index in [4.69, 9.17) is 0 Å². The number of alkyl halides is 3. The number of carbonyl (C=O) groups excluding carboxylic acids is 1. The van der Waals surface area contributed by atoms with Crippen molar-refractivity contribution in [3.8, 4) is 5.75 Å². The molecule has 25 heavy (non-hydrogen) atoms. The maximum Gasteiger partial charge on any atom is 0.573 e. The molecule has 0 aliphatic carbocycles. The molecule has 1 aromatic carbocycles. The molecule has 0 atom stereocenters. The third kappa shape index (κ3) is 5.63. The zero-order valence-corrected chi connectivity index (χ0v) is 13.5. The van der Waals surface area contributed by atoms with E-state index in [2.05, 4.69) is 20.0 Å². The van der Waals surface area contributed by atoms with Gasteiger partial charge in [0, 0.05) is 23.4 Å². The van der Waals surface area contributed by atoms with E-state index in [1.54, 1.807) is 13.8 Å². The summed E-state index contributed by atoms with van der Waals surface area (Å²) >= 11 is 0. The molecule has 1 aromatic heterocycles. The highest BCUT2D eigenvalue weighted by molar-refractivity contribution is 5.90. The Morgan fingerprint density at radius 1 is 1.24 bits per heavy atom. The second-order valence-corrected chi connectivity index (χ2v) is 5.34. The number of hydrogen-bond acceptors (Lipinski definition) is 4. The number of ether oxygens (including phenoxy) is 1. The number of carbonyl (C=O) groups is 1. The van der Waals surface area contributed by atoms with Crippen LogP contribution in [0.1, 0.15) is 23.5 Å². The molecule has 0 spiro atoms. The number of H-pyrrole nitrogens is 1. The van der Waals surface area contributed by atoms with Crippen LogP contribution in [0.5, 0.6) is 5.75 Å². The summed E-state index contributed by atoms with van der Waals surface area (Å²) in [6.45, 7) is 3.35. The molecule has 0 aliphatic rings. The van der Waals surface area contributed by atoms with Gasteiger partial charge in [0.2, 0.25) is 5.91 Å². The van der Waals surface area contributed by atoms with Gasteiger partial charge in [0.15, 0.2) is 0 Å². The summed E-state index contributed by atoms with van der Waals surface area (Å²) in [7, 11) is 0. The van der Waals surface area contributed by atoms with Crippen LogP contribution in [0, 0.1) is 13.8 Å². The van der Waals surface area contributed by atoms with Crippen molar-refractivity contribution in [1.29, 1.82) is 0 Å². The zero-order chi connectivity index (χ0) is 18.6. The Balaban J connectivity index is 1.94. The van der Waals surface area contributed by atoms with E-state index in [0.717, 1.165) is 12.1 Å². The first-order chi connectivity index (χ1) is 11.6. The van der Waals surface area contributed by atoms with Crippen molar-refractivity contribution >= 4 is 11.6 Å². The molecule has 2 N–H and O–H groups in total. The standard InChI is InChI=1S/C16H16F3N3O3/c1-9-13(15(24)21-10(2)20-9)7-8-14(23)22-11-3-5-12(6-4-11)25-16(17,18)19/h3-6H,7-8H2,1-2H3,(H,22,23)(H,20,21,24). The van der Waals surface area contributed by atoms with Gasteiger partial charge >= 0.3 is 6.36 Å². The molecule has 0 radical (unpaired) electrons. The Morgan fingerprint density at radius 2 is 1.88 bits per heavy atom. The highest BCUT2D eigenvalue weighted by Crippen LogP contribution is 2.24. The van der Waals surface area contributed by atoms with Crippen LogP contribution in [0.15, 0.2) is 29.1 Å². The number of benzene rings is 1. The number of nitrogens with one attached hydrogen (secondary N) is 2. The SMILES string of the molecule is Cc1nc(C)c(CCC(=O)Nc2ccc(OC(F)(F)F)cc2)c(=O)[nH]1. The van der Waals surface area contributed by atoms with Crippen molar-refractivity contribution in [3.05, 3.63) is 51.7 Å². The van der Waals surface area contributed by atoms with Gasteiger partial charge in [0.1, 0.15) is 11.6 Å². The maximum atomic E-state index is 12.1. The lowest BCUT2D eigenvalue weighted by atomic mass is 10.1. The number of aromatic nitrogens is 2. The smallest absolute Gasteiger partial charge is 0.406 e. The molecule has 9 heteroatoms. The van der Waals surface area contributed by atoms with E-state index in [0.29, 0.717) is 22.8 Å². The lowest BCUT2D eigenvalue weighted by Gasteiger charge is -2.10. The van der Waals surface area contributed by atoms with E-state index in [9.17, 15) is 22.8 Å². The number of rotatable bonds is 5. The predicted octanol–water partition coefficient (Wildman–Crippen LogP) is 2.86. The predicted molar refractivity (Wildman–Crippen MR) is 84.4 cm³/mol. The minimum absolute atomic E-state index is 0.0372. The van der Waals surface area contributed by atoms with Gasteiger partial charge in [-0.2, -0.15) is 0 Å². The molecule has 0 fully saturated rings. The van der Waals surface area contributed by atoms with Crippen LogP contribution in [-0.2, 0) is 11.2 Å². The third-order valence-corrected chi connectivity index (χ3v) is 3.31. The van der Waals surface area contributed by atoms with Crippen molar-refractivity contribution in [2.75, 3.05) is 5.32 Å². The van der Waals surface area contributed by atoms with Crippen LogP contribution in [-0.4, -0.2) is 22.2 Å². The number of amides is 1. The molecule has 0 saturated heterocycles. The second-order valence-electron chi connectivity index (χ2n) is 5.34. The first-order valence-corrected chi connectivity index (χ1v) is 7.36. The molecule has 134 valence electrons. The Labute approximate surface area is 141 Å². The fourth-order valence-electron chi connectivity index (χ4n) is 2.25. The van der Waals surface area contributed by atoms with E-state index in [1.165, 1.54) is 12.1 Å². The van der Waals surface area contributed by atoms with Gasteiger partial charge in [-0.3, -0.25) is 9.59 Å². The minimum Gasteiger partial charge on any atom is -0.406 e. The highest BCUT2D eigenvalue weighted by atomic mass is 19.4. The number of hydrogen-bond donors (Lipinski definition) is 2. The Hall–Kier alpha value is -2.84. The lowest BCUT2D eigenvalue weighted by Crippen LogP contribution is -2.20. The van der Waals surface area contributed by atoms with Gasteiger partial charge < -0.3 is 15.0 Å². The van der Waals surface area contributed by atoms with Gasteiger partial charge in [0.25, 0.3) is 5.56 Å². The fraction of sp³-hybridized carbons (Fsp3) is 0.312. The topological polar surface area (TPSA) is 84.1 Å². The molecule has 0 aliphatic heterocycles. The molecule has 2 aromatic rings. The van der Waals surface area contributed by atoms with Crippen molar-refractivity contribution < 1.29 is 22.7 Å². The maximum absolute atomic E-state index is 12.1. The van der Waals surface area contributed by atoms with E-state index in [1.807, 2.05) is 0 Å². The van der Waals surface area contributed by atoms with E-state index >= 15 is 0 Å². The molecule has 0 unspecified atom stereocenters. The van der Waals surface area contributed by atoms with Crippen LogP contribution >= 0.6 is 0 Å². The first-order valence-electron chi connectivity index (χ1n) is 7.36. The van der Waals surface area contributed by atoms with Crippen molar-refractivity contribution in [2.45, 2.75) is 33.1 Å². The molecule has 0 saturated carbocycles. The van der Waals surface area contributed by atoms with Crippen LogP contribution in [0.3, 0.4) is 0 Å². The molecule has 2 rings (SSSR count). The monoisotopic (exact) mass is 355 g/mol. The summed E-state index contributed by atoms with van der Waals surface area (Å²) in [4.78, 5) is 30.5. The van der Waals surface area contributed by atoms with Crippen molar-refractivity contribution in [1.82, 2.24) is 9.97 Å². The number of nitrogens with zero attached hydrogens (tertiary/aromatic N) is 1. The summed E-state index contributed by atoms with van der Waals surface area (Å²) in [5.41, 5.74) is 1.02. The summed E-state index contributed by atoms with van der Waals surface area (Å²) in [6.07, 6.45) is -4.53. The number of aromatic amines is 1. The van der Waals surface area contributed by atoms with Crippen LogP contribution in [0.25, 0.3) is 0 Å². The molecular weight excluding hydrogens is 339 g/mol. The quantitative estimate of drug-likeness (QED) is 0.864. The Kier molecular flexibility index (Phi) is 5.45. The largest absolute Gasteiger partial charge is 0.573 e. The normalized spacial score (nSPS) is 11.2. The summed E-state index contributed by atoms with van der Waals surface area (Å²) in [5.74, 6) is -0.251. The molecule has 6 nitrogen and oxygen atoms in total. The number of anilines is 1. The van der Waals surface area contributed by atoms with Crippen molar-refractivity contribution in [2.24, 2.45) is 0 Å². The van der Waals surface area contributed by atoms with E-state index in [-0.39, 0.29) is 30.1 Å². The van der Waals surface area contributed by atoms with Crippen LogP contribution in [0.4, 0.5) is 18.9 Å². The van der Waals surface area contributed by atoms with Crippen LogP contribution in [0.2, 0.25) is 0 Å². The summed E-state index contributed by atoms with van der Waals surface area (Å²) < 4.78 is 40.0. The molecule has 1 amide bonds. The lowest BCUT2D eigenvalue weighted by molar-refractivity contribution is -0.274. The molecule has 0 bridgehead atoms. The average molecular weight is 355 g/mol. The van der Waals surface area contributed by atoms with Crippen LogP contribution < -0.4 is 15.6 Å². The average Bonchev–Trinajstić information content (AvgIpc) is 2.46. The zero-order valence-electron chi connectivity index (χ0n) is 13.5. The Bertz CT molecular complexity index is 814. The number of halogens is 3. The summed E-state index contributed by atoms with van der Waals surface area (Å²) in [6, 6.07) is 4.79. The fourth-order valence-corrected chi connectivity index (χ4v) is 2.25. The summed E-state index contributed by atoms with van der Waals surface area (Å²) in [5, 5.41) is 2.54. The Morgan fingerprint density at radius 3 is 2.44 bits per heavy atom. The third-order valence-electron chi connectivity index (χ3n) is 3.31. The number of aryl methyl sites for hydroxylation is 2. The second kappa shape index (κ2) is 7.37.